The predicted molar refractivity (Wildman–Crippen MR) is 52.8 cm³/mol. The van der Waals surface area contributed by atoms with Gasteiger partial charge in [0, 0.05) is 11.3 Å². The highest BCUT2D eigenvalue weighted by Gasteiger charge is 2.17. The lowest BCUT2D eigenvalue weighted by atomic mass is 10.3. The van der Waals surface area contributed by atoms with Crippen LogP contribution < -0.4 is 0 Å². The third-order valence-corrected chi connectivity index (χ3v) is 2.68. The first kappa shape index (κ1) is 9.33. The normalized spacial score (nSPS) is 13.8. The smallest absolute Gasteiger partial charge is 0.374 e. The molecule has 74 valence electrons. The van der Waals surface area contributed by atoms with E-state index in [1.54, 1.807) is 0 Å². The monoisotopic (exact) mass is 210 g/mol. The van der Waals surface area contributed by atoms with Gasteiger partial charge in [0.05, 0.1) is 7.11 Å². The number of nitrogens with one attached hydrogen (secondary N) is 1. The van der Waals surface area contributed by atoms with Crippen molar-refractivity contribution in [1.82, 2.24) is 9.97 Å². The zero-order chi connectivity index (χ0) is 10.1. The van der Waals surface area contributed by atoms with Crippen molar-refractivity contribution in [1.29, 1.82) is 0 Å². The number of ether oxygens (including phenoxy) is 1. The number of carbonyl (C=O) groups is 1. The van der Waals surface area contributed by atoms with E-state index in [1.165, 1.54) is 7.11 Å². The molecule has 0 aliphatic heterocycles. The van der Waals surface area contributed by atoms with Crippen LogP contribution in [0.3, 0.4) is 0 Å². The summed E-state index contributed by atoms with van der Waals surface area (Å²) in [5.41, 5.74) is 2.11. The minimum absolute atomic E-state index is 0.207. The lowest BCUT2D eigenvalue weighted by Crippen LogP contribution is -2.09. The van der Waals surface area contributed by atoms with Crippen molar-refractivity contribution in [3.05, 3.63) is 21.7 Å². The van der Waals surface area contributed by atoms with E-state index >= 15 is 0 Å². The average molecular weight is 210 g/mol. The van der Waals surface area contributed by atoms with Crippen LogP contribution in [-0.4, -0.2) is 23.0 Å². The number of hydrogen-bond acceptors (Lipinski definition) is 4. The Morgan fingerprint density at radius 1 is 1.57 bits per heavy atom. The van der Waals surface area contributed by atoms with E-state index in [0.29, 0.717) is 4.64 Å². The molecule has 14 heavy (non-hydrogen) atoms. The summed E-state index contributed by atoms with van der Waals surface area (Å²) >= 11 is 5.09. The Bertz CT molecular complexity index is 439. The summed E-state index contributed by atoms with van der Waals surface area (Å²) in [5, 5.41) is 0. The van der Waals surface area contributed by atoms with E-state index in [2.05, 4.69) is 14.7 Å². The standard InChI is InChI=1S/C9H10N2O2S/c1-13-9(12)7-10-6-4-2-3-5(6)8(14)11-7/h2-4H2,1H3,(H,10,11,14). The Labute approximate surface area is 86.3 Å². The Morgan fingerprint density at radius 2 is 2.36 bits per heavy atom. The van der Waals surface area contributed by atoms with Crippen LogP contribution in [0.5, 0.6) is 0 Å². The van der Waals surface area contributed by atoms with E-state index < -0.39 is 5.97 Å². The van der Waals surface area contributed by atoms with Crippen LogP contribution >= 0.6 is 12.2 Å². The van der Waals surface area contributed by atoms with Gasteiger partial charge in [-0.25, -0.2) is 9.78 Å². The number of aromatic amines is 1. The van der Waals surface area contributed by atoms with Crippen LogP contribution in [0.2, 0.25) is 0 Å². The predicted octanol–water partition coefficient (Wildman–Crippen LogP) is 1.41. The van der Waals surface area contributed by atoms with Gasteiger partial charge in [-0.1, -0.05) is 12.2 Å². The molecule has 1 aliphatic carbocycles. The number of aryl methyl sites for hydroxylation is 1. The van der Waals surface area contributed by atoms with Gasteiger partial charge in [-0.3, -0.25) is 0 Å². The summed E-state index contributed by atoms with van der Waals surface area (Å²) in [4.78, 5) is 18.2. The maximum atomic E-state index is 11.2. The molecule has 0 radical (unpaired) electrons. The van der Waals surface area contributed by atoms with Crippen molar-refractivity contribution in [2.24, 2.45) is 0 Å². The van der Waals surface area contributed by atoms with Crippen LogP contribution in [-0.2, 0) is 17.6 Å². The van der Waals surface area contributed by atoms with Crippen molar-refractivity contribution >= 4 is 18.2 Å². The molecule has 1 heterocycles. The average Bonchev–Trinajstić information content (AvgIpc) is 2.64. The minimum atomic E-state index is -0.467. The number of methoxy groups -OCH3 is 1. The summed E-state index contributed by atoms with van der Waals surface area (Å²) < 4.78 is 5.10. The van der Waals surface area contributed by atoms with Gasteiger partial charge in [0.15, 0.2) is 0 Å². The second-order valence-corrected chi connectivity index (χ2v) is 3.58. The Hall–Kier alpha value is -1.23. The number of H-pyrrole nitrogens is 1. The number of nitrogens with zero attached hydrogens (tertiary/aromatic N) is 1. The summed E-state index contributed by atoms with van der Waals surface area (Å²) in [6.45, 7) is 0. The van der Waals surface area contributed by atoms with E-state index in [4.69, 9.17) is 12.2 Å². The molecule has 1 aromatic rings. The first-order chi connectivity index (χ1) is 6.72. The van der Waals surface area contributed by atoms with Gasteiger partial charge in [-0.15, -0.1) is 0 Å². The van der Waals surface area contributed by atoms with Gasteiger partial charge in [-0.2, -0.15) is 0 Å². The van der Waals surface area contributed by atoms with Crippen molar-refractivity contribution in [3.8, 4) is 0 Å². The van der Waals surface area contributed by atoms with Crippen molar-refractivity contribution < 1.29 is 9.53 Å². The quantitative estimate of drug-likeness (QED) is 0.562. The van der Waals surface area contributed by atoms with Crippen LogP contribution in [0.15, 0.2) is 0 Å². The minimum Gasteiger partial charge on any atom is -0.463 e. The molecular weight excluding hydrogens is 200 g/mol. The lowest BCUT2D eigenvalue weighted by Gasteiger charge is -2.02. The third-order valence-electron chi connectivity index (χ3n) is 2.34. The SMILES string of the molecule is COC(=O)c1nc(=S)c2c([nH]1)CCC2. The first-order valence-electron chi connectivity index (χ1n) is 4.42. The molecular formula is C9H10N2O2S. The molecule has 0 spiro atoms. The Kier molecular flexibility index (Phi) is 2.33. The van der Waals surface area contributed by atoms with Gasteiger partial charge in [0.2, 0.25) is 5.82 Å². The molecule has 0 bridgehead atoms. The summed E-state index contributed by atoms with van der Waals surface area (Å²) in [6, 6.07) is 0. The van der Waals surface area contributed by atoms with Crippen LogP contribution in [0.1, 0.15) is 28.3 Å². The number of carbonyl (C=O) groups excluding carboxylic acids is 1. The molecule has 1 N–H and O–H groups in total. The van der Waals surface area contributed by atoms with Gasteiger partial charge >= 0.3 is 5.97 Å². The fourth-order valence-corrected chi connectivity index (χ4v) is 1.97. The van der Waals surface area contributed by atoms with Gasteiger partial charge in [-0.05, 0) is 19.3 Å². The van der Waals surface area contributed by atoms with Crippen LogP contribution in [0.25, 0.3) is 0 Å². The maximum absolute atomic E-state index is 11.2. The van der Waals surface area contributed by atoms with Crippen molar-refractivity contribution in [2.75, 3.05) is 7.11 Å². The molecule has 4 nitrogen and oxygen atoms in total. The molecule has 5 heteroatoms. The largest absolute Gasteiger partial charge is 0.463 e. The summed E-state index contributed by atoms with van der Waals surface area (Å²) in [5.74, 6) is -0.260. The topological polar surface area (TPSA) is 55.0 Å². The number of aromatic nitrogens is 2. The zero-order valence-electron chi connectivity index (χ0n) is 7.79. The molecule has 0 saturated carbocycles. The van der Waals surface area contributed by atoms with Crippen LogP contribution in [0.4, 0.5) is 0 Å². The molecule has 1 aliphatic rings. The molecule has 0 saturated heterocycles. The molecule has 0 atom stereocenters. The Morgan fingerprint density at radius 3 is 3.07 bits per heavy atom. The van der Waals surface area contributed by atoms with E-state index in [9.17, 15) is 4.79 Å². The number of fused-ring (bicyclic) bond motifs is 1. The van der Waals surface area contributed by atoms with Gasteiger partial charge < -0.3 is 9.72 Å². The highest BCUT2D eigenvalue weighted by atomic mass is 32.1. The molecule has 0 fully saturated rings. The molecule has 0 aromatic carbocycles. The molecule has 0 unspecified atom stereocenters. The fourth-order valence-electron chi connectivity index (χ4n) is 1.65. The number of esters is 1. The number of hydrogen-bond donors (Lipinski definition) is 1. The van der Waals surface area contributed by atoms with Gasteiger partial charge in [0.1, 0.15) is 4.64 Å². The Balaban J connectivity index is 2.52. The summed E-state index contributed by atoms with van der Waals surface area (Å²) in [6.07, 6.45) is 2.96. The van der Waals surface area contributed by atoms with Gasteiger partial charge in [0.25, 0.3) is 0 Å². The second-order valence-electron chi connectivity index (χ2n) is 3.19. The zero-order valence-corrected chi connectivity index (χ0v) is 8.61. The van der Waals surface area contributed by atoms with Crippen molar-refractivity contribution in [2.45, 2.75) is 19.3 Å². The second kappa shape index (κ2) is 3.49. The van der Waals surface area contributed by atoms with Crippen molar-refractivity contribution in [3.63, 3.8) is 0 Å². The van der Waals surface area contributed by atoms with Crippen LogP contribution in [0, 0.1) is 4.64 Å². The maximum Gasteiger partial charge on any atom is 0.374 e. The highest BCUT2D eigenvalue weighted by molar-refractivity contribution is 7.71. The molecule has 0 amide bonds. The number of rotatable bonds is 1. The highest BCUT2D eigenvalue weighted by Crippen LogP contribution is 2.20. The third kappa shape index (κ3) is 1.43. The van der Waals surface area contributed by atoms with E-state index in [-0.39, 0.29) is 5.82 Å². The first-order valence-corrected chi connectivity index (χ1v) is 4.83. The summed E-state index contributed by atoms with van der Waals surface area (Å²) in [7, 11) is 1.33. The van der Waals surface area contributed by atoms with E-state index in [0.717, 1.165) is 30.5 Å². The fraction of sp³-hybridized carbons (Fsp3) is 0.444. The lowest BCUT2D eigenvalue weighted by molar-refractivity contribution is 0.0586. The molecule has 2 rings (SSSR count). The van der Waals surface area contributed by atoms with E-state index in [1.807, 2.05) is 0 Å². The molecule has 1 aromatic heterocycles.